The number of rotatable bonds is 5. The summed E-state index contributed by atoms with van der Waals surface area (Å²) in [5.74, 6) is 0.608. The van der Waals surface area contributed by atoms with Gasteiger partial charge in [0.25, 0.3) is 0 Å². The second kappa shape index (κ2) is 8.61. The van der Waals surface area contributed by atoms with Gasteiger partial charge in [-0.2, -0.15) is 0 Å². The number of piperazine rings is 1. The number of benzene rings is 1. The van der Waals surface area contributed by atoms with Crippen molar-refractivity contribution in [3.8, 4) is 5.69 Å². The molecular formula is C20H26N4O2S. The summed E-state index contributed by atoms with van der Waals surface area (Å²) in [4.78, 5) is 32.8. The van der Waals surface area contributed by atoms with Crippen LogP contribution in [0.1, 0.15) is 19.4 Å². The lowest BCUT2D eigenvalue weighted by atomic mass is 10.1. The molecule has 0 bridgehead atoms. The number of thioether (sulfide) groups is 1. The molecule has 0 spiro atoms. The van der Waals surface area contributed by atoms with E-state index in [1.807, 2.05) is 52.6 Å². The Bertz CT molecular complexity index is 810. The van der Waals surface area contributed by atoms with Gasteiger partial charge in [0.1, 0.15) is 0 Å². The van der Waals surface area contributed by atoms with Gasteiger partial charge < -0.3 is 9.80 Å². The summed E-state index contributed by atoms with van der Waals surface area (Å²) >= 11 is 1.45. The lowest BCUT2D eigenvalue weighted by molar-refractivity contribution is -0.140. The number of aromatic nitrogens is 2. The molecule has 0 aliphatic carbocycles. The molecule has 1 saturated heterocycles. The standard InChI is InChI=1S/C20H26N4O2S/c1-15(2)19(26)23-12-10-22(11-13-23)18(25)14-27-20-21-8-9-24(20)17-7-5-4-6-16(17)3/h4-9,15H,10-14H2,1-3H3. The first-order chi connectivity index (χ1) is 13.0. The molecule has 0 saturated carbocycles. The summed E-state index contributed by atoms with van der Waals surface area (Å²) in [6, 6.07) is 8.12. The summed E-state index contributed by atoms with van der Waals surface area (Å²) in [5.41, 5.74) is 2.24. The zero-order valence-electron chi connectivity index (χ0n) is 16.1. The van der Waals surface area contributed by atoms with Gasteiger partial charge in [-0.05, 0) is 18.6 Å². The first kappa shape index (κ1) is 19.5. The van der Waals surface area contributed by atoms with Crippen molar-refractivity contribution in [1.82, 2.24) is 19.4 Å². The molecule has 2 aromatic rings. The molecule has 0 radical (unpaired) electrons. The number of carbonyl (C=O) groups is 2. The van der Waals surface area contributed by atoms with Gasteiger partial charge in [-0.3, -0.25) is 14.2 Å². The van der Waals surface area contributed by atoms with E-state index < -0.39 is 0 Å². The Kier molecular flexibility index (Phi) is 6.21. The van der Waals surface area contributed by atoms with Crippen LogP contribution in [-0.4, -0.2) is 63.1 Å². The molecule has 0 atom stereocenters. The summed E-state index contributed by atoms with van der Waals surface area (Å²) in [5, 5.41) is 0.811. The Labute approximate surface area is 164 Å². The highest BCUT2D eigenvalue weighted by molar-refractivity contribution is 7.99. The highest BCUT2D eigenvalue weighted by Crippen LogP contribution is 2.23. The Morgan fingerprint density at radius 3 is 2.44 bits per heavy atom. The number of hydrogen-bond acceptors (Lipinski definition) is 4. The maximum atomic E-state index is 12.6. The average Bonchev–Trinajstić information content (AvgIpc) is 3.14. The number of para-hydroxylation sites is 1. The van der Waals surface area contributed by atoms with E-state index in [1.165, 1.54) is 11.8 Å². The van der Waals surface area contributed by atoms with E-state index in [0.29, 0.717) is 31.9 Å². The molecule has 2 heterocycles. The second-order valence-corrected chi connectivity index (χ2v) is 7.96. The molecule has 3 rings (SSSR count). The van der Waals surface area contributed by atoms with Crippen LogP contribution in [0.3, 0.4) is 0 Å². The monoisotopic (exact) mass is 386 g/mol. The Balaban J connectivity index is 1.56. The van der Waals surface area contributed by atoms with Gasteiger partial charge in [0.15, 0.2) is 5.16 Å². The fraction of sp³-hybridized carbons (Fsp3) is 0.450. The number of aryl methyl sites for hydroxylation is 1. The zero-order valence-corrected chi connectivity index (χ0v) is 16.9. The molecule has 144 valence electrons. The van der Waals surface area contributed by atoms with Crippen LogP contribution in [0.5, 0.6) is 0 Å². The van der Waals surface area contributed by atoms with Crippen LogP contribution in [0.4, 0.5) is 0 Å². The van der Waals surface area contributed by atoms with E-state index in [4.69, 9.17) is 0 Å². The maximum absolute atomic E-state index is 12.6. The number of amides is 2. The smallest absolute Gasteiger partial charge is 0.233 e. The van der Waals surface area contributed by atoms with E-state index in [1.54, 1.807) is 6.20 Å². The fourth-order valence-corrected chi connectivity index (χ4v) is 4.04. The molecule has 0 unspecified atom stereocenters. The molecule has 6 nitrogen and oxygen atoms in total. The lowest BCUT2D eigenvalue weighted by Crippen LogP contribution is -2.51. The molecule has 1 aromatic carbocycles. The van der Waals surface area contributed by atoms with Crippen molar-refractivity contribution >= 4 is 23.6 Å². The van der Waals surface area contributed by atoms with Crippen molar-refractivity contribution < 1.29 is 9.59 Å². The van der Waals surface area contributed by atoms with Crippen molar-refractivity contribution in [2.75, 3.05) is 31.9 Å². The highest BCUT2D eigenvalue weighted by Gasteiger charge is 2.25. The summed E-state index contributed by atoms with van der Waals surface area (Å²) in [6.45, 7) is 8.32. The quantitative estimate of drug-likeness (QED) is 0.741. The third-order valence-corrected chi connectivity index (χ3v) is 5.70. The second-order valence-electron chi connectivity index (χ2n) is 7.02. The van der Waals surface area contributed by atoms with E-state index in [0.717, 1.165) is 16.4 Å². The van der Waals surface area contributed by atoms with Gasteiger partial charge >= 0.3 is 0 Å². The van der Waals surface area contributed by atoms with Crippen LogP contribution in [0, 0.1) is 12.8 Å². The molecule has 1 fully saturated rings. The van der Waals surface area contributed by atoms with Crippen molar-refractivity contribution in [2.24, 2.45) is 5.92 Å². The van der Waals surface area contributed by atoms with Crippen molar-refractivity contribution in [3.63, 3.8) is 0 Å². The molecule has 2 amide bonds. The minimum Gasteiger partial charge on any atom is -0.339 e. The first-order valence-corrected chi connectivity index (χ1v) is 10.2. The van der Waals surface area contributed by atoms with Crippen molar-refractivity contribution in [3.05, 3.63) is 42.2 Å². The van der Waals surface area contributed by atoms with Gasteiger partial charge in [-0.15, -0.1) is 0 Å². The SMILES string of the molecule is Cc1ccccc1-n1ccnc1SCC(=O)N1CCN(C(=O)C(C)C)CC1. The third-order valence-electron chi connectivity index (χ3n) is 4.74. The predicted molar refractivity (Wildman–Crippen MR) is 107 cm³/mol. The van der Waals surface area contributed by atoms with Gasteiger partial charge in [0, 0.05) is 44.5 Å². The topological polar surface area (TPSA) is 58.4 Å². The van der Waals surface area contributed by atoms with Crippen LogP contribution in [0.15, 0.2) is 41.8 Å². The van der Waals surface area contributed by atoms with Crippen LogP contribution >= 0.6 is 11.8 Å². The molecule has 27 heavy (non-hydrogen) atoms. The molecule has 1 aliphatic heterocycles. The first-order valence-electron chi connectivity index (χ1n) is 9.26. The van der Waals surface area contributed by atoms with Crippen molar-refractivity contribution in [1.29, 1.82) is 0 Å². The minimum atomic E-state index is 0.00288. The summed E-state index contributed by atoms with van der Waals surface area (Å²) < 4.78 is 2.02. The molecule has 0 N–H and O–H groups in total. The lowest BCUT2D eigenvalue weighted by Gasteiger charge is -2.35. The Hall–Kier alpha value is -2.28. The average molecular weight is 387 g/mol. The van der Waals surface area contributed by atoms with Gasteiger partial charge in [-0.1, -0.05) is 43.8 Å². The van der Waals surface area contributed by atoms with E-state index in [-0.39, 0.29) is 17.7 Å². The minimum absolute atomic E-state index is 0.00288. The normalized spacial score (nSPS) is 14.7. The van der Waals surface area contributed by atoms with Crippen molar-refractivity contribution in [2.45, 2.75) is 25.9 Å². The molecular weight excluding hydrogens is 360 g/mol. The van der Waals surface area contributed by atoms with Crippen LogP contribution < -0.4 is 0 Å². The number of nitrogens with zero attached hydrogens (tertiary/aromatic N) is 4. The largest absolute Gasteiger partial charge is 0.339 e. The van der Waals surface area contributed by atoms with E-state index in [2.05, 4.69) is 18.0 Å². The highest BCUT2D eigenvalue weighted by atomic mass is 32.2. The molecule has 1 aliphatic rings. The Morgan fingerprint density at radius 2 is 1.78 bits per heavy atom. The fourth-order valence-electron chi connectivity index (χ4n) is 3.17. The van der Waals surface area contributed by atoms with Gasteiger partial charge in [0.05, 0.1) is 11.4 Å². The third kappa shape index (κ3) is 4.53. The molecule has 7 heteroatoms. The van der Waals surface area contributed by atoms with E-state index in [9.17, 15) is 9.59 Å². The number of hydrogen-bond donors (Lipinski definition) is 0. The van der Waals surface area contributed by atoms with Crippen LogP contribution in [0.2, 0.25) is 0 Å². The van der Waals surface area contributed by atoms with E-state index >= 15 is 0 Å². The van der Waals surface area contributed by atoms with Crippen LogP contribution in [0.25, 0.3) is 5.69 Å². The number of imidazole rings is 1. The maximum Gasteiger partial charge on any atom is 0.233 e. The molecule has 1 aromatic heterocycles. The zero-order chi connectivity index (χ0) is 19.4. The number of carbonyl (C=O) groups excluding carboxylic acids is 2. The van der Waals surface area contributed by atoms with Crippen LogP contribution in [-0.2, 0) is 9.59 Å². The summed E-state index contributed by atoms with van der Waals surface area (Å²) in [7, 11) is 0. The predicted octanol–water partition coefficient (Wildman–Crippen LogP) is 2.60. The Morgan fingerprint density at radius 1 is 1.11 bits per heavy atom. The van der Waals surface area contributed by atoms with Gasteiger partial charge in [-0.25, -0.2) is 4.98 Å². The van der Waals surface area contributed by atoms with Gasteiger partial charge in [0.2, 0.25) is 11.8 Å². The summed E-state index contributed by atoms with van der Waals surface area (Å²) in [6.07, 6.45) is 3.68.